The quantitative estimate of drug-likeness (QED) is 0.480. The molecular weight excluding hydrogens is 407 g/mol. The van der Waals surface area contributed by atoms with Crippen LogP contribution in [0.15, 0.2) is 73.1 Å². The van der Waals surface area contributed by atoms with E-state index in [1.165, 1.54) is 18.3 Å². The number of nitrogens with zero attached hydrogens (tertiary/aromatic N) is 4. The molecule has 2 heterocycles. The molecular formula is C24H19FN6O. The predicted molar refractivity (Wildman–Crippen MR) is 118 cm³/mol. The maximum absolute atomic E-state index is 13.2. The number of amides is 1. The van der Waals surface area contributed by atoms with Crippen LogP contribution >= 0.6 is 0 Å². The molecule has 8 heteroatoms. The summed E-state index contributed by atoms with van der Waals surface area (Å²) in [5.74, 6) is -0.865. The fourth-order valence-electron chi connectivity index (χ4n) is 3.36. The SMILES string of the molecule is Cc1cnc(Nc2ccc(F)cc2)cc1-n1cc(C(N)=O)nc1C(C#N)c1ccccc1. The zero-order valence-electron chi connectivity index (χ0n) is 17.2. The van der Waals surface area contributed by atoms with Crippen molar-refractivity contribution >= 4 is 17.4 Å². The van der Waals surface area contributed by atoms with E-state index in [9.17, 15) is 14.4 Å². The molecule has 1 amide bonds. The van der Waals surface area contributed by atoms with Gasteiger partial charge in [0, 0.05) is 24.1 Å². The van der Waals surface area contributed by atoms with E-state index in [0.717, 1.165) is 11.1 Å². The van der Waals surface area contributed by atoms with Crippen molar-refractivity contribution in [3.8, 4) is 11.8 Å². The molecule has 0 bridgehead atoms. The molecule has 158 valence electrons. The zero-order chi connectivity index (χ0) is 22.7. The molecule has 4 aromatic rings. The van der Waals surface area contributed by atoms with Gasteiger partial charge in [-0.3, -0.25) is 4.79 Å². The Morgan fingerprint density at radius 3 is 2.56 bits per heavy atom. The number of anilines is 2. The first-order valence-electron chi connectivity index (χ1n) is 9.79. The van der Waals surface area contributed by atoms with Gasteiger partial charge in [-0.2, -0.15) is 5.26 Å². The zero-order valence-corrected chi connectivity index (χ0v) is 17.2. The standard InChI is InChI=1S/C24H19FN6O/c1-15-13-28-22(29-18-9-7-17(25)8-10-18)11-21(15)31-14-20(23(27)32)30-24(31)19(12-26)16-5-3-2-4-6-16/h2-11,13-14,19H,1H3,(H2,27,32)(H,28,29). The maximum atomic E-state index is 13.2. The number of pyridine rings is 1. The molecule has 3 N–H and O–H groups in total. The molecule has 0 spiro atoms. The lowest BCUT2D eigenvalue weighted by molar-refractivity contribution is 0.0996. The molecule has 2 aromatic heterocycles. The van der Waals surface area contributed by atoms with Gasteiger partial charge in [-0.25, -0.2) is 14.4 Å². The van der Waals surface area contributed by atoms with Crippen LogP contribution in [0.25, 0.3) is 5.69 Å². The number of rotatable bonds is 6. The summed E-state index contributed by atoms with van der Waals surface area (Å²) in [5, 5.41) is 13.0. The second-order valence-corrected chi connectivity index (χ2v) is 7.18. The van der Waals surface area contributed by atoms with Crippen LogP contribution in [0.1, 0.15) is 33.4 Å². The van der Waals surface area contributed by atoms with Crippen molar-refractivity contribution < 1.29 is 9.18 Å². The number of primary amides is 1. The number of halogens is 1. The monoisotopic (exact) mass is 426 g/mol. The van der Waals surface area contributed by atoms with Crippen LogP contribution in [0.3, 0.4) is 0 Å². The van der Waals surface area contributed by atoms with E-state index in [-0.39, 0.29) is 11.5 Å². The fraction of sp³-hybridized carbons (Fsp3) is 0.0833. The number of hydrogen-bond acceptors (Lipinski definition) is 5. The highest BCUT2D eigenvalue weighted by Gasteiger charge is 2.24. The van der Waals surface area contributed by atoms with Crippen LogP contribution in [0, 0.1) is 24.1 Å². The number of benzene rings is 2. The summed E-state index contributed by atoms with van der Waals surface area (Å²) in [6.45, 7) is 1.86. The lowest BCUT2D eigenvalue weighted by Crippen LogP contribution is -2.11. The number of carbonyl (C=O) groups is 1. The van der Waals surface area contributed by atoms with E-state index in [1.807, 2.05) is 37.3 Å². The van der Waals surface area contributed by atoms with Crippen molar-refractivity contribution in [2.24, 2.45) is 5.73 Å². The molecule has 7 nitrogen and oxygen atoms in total. The summed E-state index contributed by atoms with van der Waals surface area (Å²) < 4.78 is 14.9. The number of aromatic nitrogens is 3. The smallest absolute Gasteiger partial charge is 0.268 e. The van der Waals surface area contributed by atoms with Gasteiger partial charge in [0.25, 0.3) is 5.91 Å². The van der Waals surface area contributed by atoms with Crippen LogP contribution < -0.4 is 11.1 Å². The highest BCUT2D eigenvalue weighted by Crippen LogP contribution is 2.28. The molecule has 0 aliphatic rings. The van der Waals surface area contributed by atoms with Gasteiger partial charge in [-0.05, 0) is 42.3 Å². The van der Waals surface area contributed by atoms with Crippen LogP contribution in [0.2, 0.25) is 0 Å². The average molecular weight is 426 g/mol. The molecule has 1 atom stereocenters. The Labute approximate surface area is 184 Å². The fourth-order valence-corrected chi connectivity index (χ4v) is 3.36. The number of nitrogens with two attached hydrogens (primary N) is 1. The van der Waals surface area contributed by atoms with Gasteiger partial charge in [-0.15, -0.1) is 0 Å². The van der Waals surface area contributed by atoms with E-state index < -0.39 is 11.8 Å². The molecule has 32 heavy (non-hydrogen) atoms. The second kappa shape index (κ2) is 8.70. The number of nitrogens with one attached hydrogen (secondary N) is 1. The molecule has 2 aromatic carbocycles. The summed E-state index contributed by atoms with van der Waals surface area (Å²) in [5.41, 5.74) is 8.42. The Balaban J connectivity index is 1.81. The normalized spacial score (nSPS) is 11.5. The van der Waals surface area contributed by atoms with Crippen molar-refractivity contribution in [2.75, 3.05) is 5.32 Å². The van der Waals surface area contributed by atoms with Gasteiger partial charge in [0.1, 0.15) is 29.1 Å². The van der Waals surface area contributed by atoms with Crippen molar-refractivity contribution in [2.45, 2.75) is 12.8 Å². The van der Waals surface area contributed by atoms with Gasteiger partial charge in [0.2, 0.25) is 0 Å². The molecule has 1 unspecified atom stereocenters. The summed E-state index contributed by atoms with van der Waals surface area (Å²) >= 11 is 0. The van der Waals surface area contributed by atoms with Crippen LogP contribution in [-0.2, 0) is 0 Å². The minimum atomic E-state index is -0.717. The van der Waals surface area contributed by atoms with E-state index in [2.05, 4.69) is 21.4 Å². The van der Waals surface area contributed by atoms with Crippen molar-refractivity contribution in [3.63, 3.8) is 0 Å². The Morgan fingerprint density at radius 1 is 1.19 bits per heavy atom. The Morgan fingerprint density at radius 2 is 1.91 bits per heavy atom. The minimum Gasteiger partial charge on any atom is -0.364 e. The second-order valence-electron chi connectivity index (χ2n) is 7.18. The molecule has 0 fully saturated rings. The Bertz CT molecular complexity index is 1310. The van der Waals surface area contributed by atoms with Crippen molar-refractivity contribution in [1.29, 1.82) is 5.26 Å². The largest absolute Gasteiger partial charge is 0.364 e. The highest BCUT2D eigenvalue weighted by atomic mass is 19.1. The van der Waals surface area contributed by atoms with Crippen molar-refractivity contribution in [1.82, 2.24) is 14.5 Å². The topological polar surface area (TPSA) is 110 Å². The minimum absolute atomic E-state index is 0.0560. The molecule has 0 aliphatic carbocycles. The third kappa shape index (κ3) is 4.18. The van der Waals surface area contributed by atoms with Gasteiger partial charge in [0.05, 0.1) is 11.8 Å². The molecule has 0 radical (unpaired) electrons. The molecule has 0 saturated carbocycles. The maximum Gasteiger partial charge on any atom is 0.268 e. The van der Waals surface area contributed by atoms with E-state index in [1.54, 1.807) is 29.0 Å². The molecule has 0 aliphatic heterocycles. The first-order chi connectivity index (χ1) is 15.5. The van der Waals surface area contributed by atoms with E-state index in [0.29, 0.717) is 23.0 Å². The number of aryl methyl sites for hydroxylation is 1. The van der Waals surface area contributed by atoms with Gasteiger partial charge in [-0.1, -0.05) is 30.3 Å². The summed E-state index contributed by atoms with van der Waals surface area (Å²) in [7, 11) is 0. The first kappa shape index (κ1) is 20.8. The van der Waals surface area contributed by atoms with Crippen LogP contribution in [-0.4, -0.2) is 20.4 Å². The Hall–Kier alpha value is -4.51. The van der Waals surface area contributed by atoms with Crippen LogP contribution in [0.5, 0.6) is 0 Å². The summed E-state index contributed by atoms with van der Waals surface area (Å²) in [4.78, 5) is 20.6. The lowest BCUT2D eigenvalue weighted by Gasteiger charge is -2.16. The average Bonchev–Trinajstić information content (AvgIpc) is 3.23. The summed E-state index contributed by atoms with van der Waals surface area (Å²) in [6, 6.07) is 19.1. The predicted octanol–water partition coefficient (Wildman–Crippen LogP) is 4.21. The molecule has 0 saturated heterocycles. The van der Waals surface area contributed by atoms with E-state index >= 15 is 0 Å². The van der Waals surface area contributed by atoms with E-state index in [4.69, 9.17) is 5.73 Å². The van der Waals surface area contributed by atoms with Gasteiger partial charge in [0.15, 0.2) is 0 Å². The van der Waals surface area contributed by atoms with Gasteiger partial charge >= 0.3 is 0 Å². The lowest BCUT2D eigenvalue weighted by atomic mass is 9.99. The Kier molecular flexibility index (Phi) is 5.64. The number of imidazole rings is 1. The van der Waals surface area contributed by atoms with Crippen LogP contribution in [0.4, 0.5) is 15.9 Å². The summed E-state index contributed by atoms with van der Waals surface area (Å²) in [6.07, 6.45) is 3.19. The number of hydrogen-bond donors (Lipinski definition) is 2. The number of carbonyl (C=O) groups excluding carboxylic acids is 1. The third-order valence-electron chi connectivity index (χ3n) is 4.96. The highest BCUT2D eigenvalue weighted by molar-refractivity contribution is 5.90. The molecule has 4 rings (SSSR count). The third-order valence-corrected chi connectivity index (χ3v) is 4.96. The van der Waals surface area contributed by atoms with Gasteiger partial charge < -0.3 is 15.6 Å². The van der Waals surface area contributed by atoms with Crippen molar-refractivity contribution in [3.05, 3.63) is 102 Å². The number of nitriles is 1. The first-order valence-corrected chi connectivity index (χ1v) is 9.79.